The summed E-state index contributed by atoms with van der Waals surface area (Å²) in [6, 6.07) is 27.5. The van der Waals surface area contributed by atoms with E-state index < -0.39 is 10.7 Å². The van der Waals surface area contributed by atoms with Gasteiger partial charge in [-0.2, -0.15) is 0 Å². The van der Waals surface area contributed by atoms with E-state index in [-0.39, 0.29) is 17.2 Å². The summed E-state index contributed by atoms with van der Waals surface area (Å²) in [5.41, 5.74) is 8.49. The van der Waals surface area contributed by atoms with Crippen LogP contribution in [-0.4, -0.2) is 4.92 Å². The number of anilines is 3. The molecule has 0 fully saturated rings. The average molecular weight is 463 g/mol. The van der Waals surface area contributed by atoms with E-state index in [0.717, 1.165) is 17.2 Å². The maximum absolute atomic E-state index is 13.5. The molecule has 0 aromatic heterocycles. The van der Waals surface area contributed by atoms with Crippen molar-refractivity contribution in [2.75, 3.05) is 16.4 Å². The first-order chi connectivity index (χ1) is 16.4. The summed E-state index contributed by atoms with van der Waals surface area (Å²) in [5, 5.41) is 16.4. The summed E-state index contributed by atoms with van der Waals surface area (Å²) in [7, 11) is 0. The number of halogens is 2. The van der Waals surface area contributed by atoms with Crippen LogP contribution < -0.4 is 16.4 Å². The number of non-ortho nitro benzene ring substituents is 1. The zero-order valence-electron chi connectivity index (χ0n) is 18.2. The lowest BCUT2D eigenvalue weighted by atomic mass is 10.2. The Labute approximate surface area is 196 Å². The van der Waals surface area contributed by atoms with Crippen LogP contribution in [0.15, 0.2) is 97.1 Å². The Balaban J connectivity index is 0.000000192. The first-order valence-electron chi connectivity index (χ1n) is 10.5. The van der Waals surface area contributed by atoms with Gasteiger partial charge in [0.25, 0.3) is 5.69 Å². The normalized spacial score (nSPS) is 10.1. The van der Waals surface area contributed by atoms with Crippen molar-refractivity contribution in [3.05, 3.63) is 130 Å². The zero-order valence-corrected chi connectivity index (χ0v) is 18.2. The van der Waals surface area contributed by atoms with Gasteiger partial charge in [-0.05, 0) is 35.4 Å². The van der Waals surface area contributed by atoms with Crippen molar-refractivity contribution < 1.29 is 13.7 Å². The fraction of sp³-hybridized carbons (Fsp3) is 0.0769. The van der Waals surface area contributed by atoms with E-state index >= 15 is 0 Å². The molecule has 0 unspecified atom stereocenters. The molecule has 4 N–H and O–H groups in total. The minimum absolute atomic E-state index is 0.252. The van der Waals surface area contributed by atoms with Gasteiger partial charge in [0.05, 0.1) is 22.4 Å². The molecule has 174 valence electrons. The Hall–Kier alpha value is -4.46. The van der Waals surface area contributed by atoms with Crippen molar-refractivity contribution in [3.63, 3.8) is 0 Å². The van der Waals surface area contributed by atoms with Gasteiger partial charge in [-0.25, -0.2) is 8.78 Å². The molecule has 4 aromatic rings. The van der Waals surface area contributed by atoms with Crippen molar-refractivity contribution in [1.29, 1.82) is 0 Å². The standard InChI is InChI=1S/C13H11FN2O2.C13H13FN2/c14-12-8-11(16(17)18)6-7-13(12)15-9-10-4-2-1-3-5-10;14-12-8-11(15)6-7-13(12)16-9-10-4-2-1-3-5-10/h1-8,15H,9H2;1-8,16H,9,15H2. The first-order valence-corrected chi connectivity index (χ1v) is 10.5. The third kappa shape index (κ3) is 7.30. The molecule has 0 saturated heterocycles. The number of nitrogens with two attached hydrogens (primary N) is 1. The lowest BCUT2D eigenvalue weighted by Gasteiger charge is -2.07. The van der Waals surface area contributed by atoms with Crippen LogP contribution in [0, 0.1) is 21.7 Å². The van der Waals surface area contributed by atoms with Crippen LogP contribution in [0.1, 0.15) is 11.1 Å². The smallest absolute Gasteiger partial charge is 0.272 e. The summed E-state index contributed by atoms with van der Waals surface area (Å²) in [4.78, 5) is 9.84. The van der Waals surface area contributed by atoms with Gasteiger partial charge in [-0.15, -0.1) is 0 Å². The van der Waals surface area contributed by atoms with E-state index in [9.17, 15) is 18.9 Å². The number of rotatable bonds is 7. The van der Waals surface area contributed by atoms with Crippen LogP contribution in [0.3, 0.4) is 0 Å². The molecule has 0 spiro atoms. The van der Waals surface area contributed by atoms with Crippen LogP contribution in [0.4, 0.5) is 31.5 Å². The molecule has 8 heteroatoms. The zero-order chi connectivity index (χ0) is 24.3. The lowest BCUT2D eigenvalue weighted by Crippen LogP contribution is -2.01. The largest absolute Gasteiger partial charge is 0.399 e. The molecule has 0 saturated carbocycles. The maximum atomic E-state index is 13.5. The number of nitro benzene ring substituents is 1. The first kappa shape index (κ1) is 24.2. The second-order valence-electron chi connectivity index (χ2n) is 7.34. The van der Waals surface area contributed by atoms with Gasteiger partial charge in [0.2, 0.25) is 0 Å². The predicted octanol–water partition coefficient (Wildman–Crippen LogP) is 6.37. The fourth-order valence-corrected chi connectivity index (χ4v) is 3.02. The number of nitrogens with zero attached hydrogens (tertiary/aromatic N) is 1. The molecule has 4 aromatic carbocycles. The minimum Gasteiger partial charge on any atom is -0.399 e. The molecule has 0 atom stereocenters. The van der Waals surface area contributed by atoms with Gasteiger partial charge in [0.15, 0.2) is 5.82 Å². The Morgan fingerprint density at radius 1 is 0.706 bits per heavy atom. The molecule has 0 aliphatic carbocycles. The quantitative estimate of drug-likeness (QED) is 0.169. The predicted molar refractivity (Wildman–Crippen MR) is 131 cm³/mol. The molecular formula is C26H24F2N4O2. The summed E-state index contributed by atoms with van der Waals surface area (Å²) in [6.45, 7) is 1.07. The van der Waals surface area contributed by atoms with Crippen LogP contribution in [0.25, 0.3) is 0 Å². The third-order valence-electron chi connectivity index (χ3n) is 4.81. The number of benzene rings is 4. The number of nitro groups is 1. The van der Waals surface area contributed by atoms with Gasteiger partial charge in [0.1, 0.15) is 5.82 Å². The molecule has 0 heterocycles. The Morgan fingerprint density at radius 3 is 1.62 bits per heavy atom. The SMILES string of the molecule is Nc1ccc(NCc2ccccc2)c(F)c1.O=[N+]([O-])c1ccc(NCc2ccccc2)c(F)c1. The second kappa shape index (κ2) is 12.0. The number of hydrogen-bond donors (Lipinski definition) is 3. The van der Waals surface area contributed by atoms with Crippen LogP contribution in [0.5, 0.6) is 0 Å². The number of hydrogen-bond acceptors (Lipinski definition) is 5. The molecule has 34 heavy (non-hydrogen) atoms. The molecule has 0 radical (unpaired) electrons. The molecule has 0 aliphatic rings. The highest BCUT2D eigenvalue weighted by molar-refractivity contribution is 5.53. The monoisotopic (exact) mass is 462 g/mol. The van der Waals surface area contributed by atoms with E-state index in [1.165, 1.54) is 18.2 Å². The van der Waals surface area contributed by atoms with E-state index in [0.29, 0.717) is 24.5 Å². The topological polar surface area (TPSA) is 93.2 Å². The minimum atomic E-state index is -0.625. The molecule has 0 aliphatic heterocycles. The van der Waals surface area contributed by atoms with Crippen LogP contribution in [-0.2, 0) is 13.1 Å². The average Bonchev–Trinajstić information content (AvgIpc) is 2.84. The van der Waals surface area contributed by atoms with E-state index in [4.69, 9.17) is 5.73 Å². The molecule has 6 nitrogen and oxygen atoms in total. The lowest BCUT2D eigenvalue weighted by molar-refractivity contribution is -0.385. The van der Waals surface area contributed by atoms with Crippen molar-refractivity contribution in [1.82, 2.24) is 0 Å². The summed E-state index contributed by atoms with van der Waals surface area (Å²) < 4.78 is 27.0. The summed E-state index contributed by atoms with van der Waals surface area (Å²) >= 11 is 0. The van der Waals surface area contributed by atoms with Gasteiger partial charge in [0, 0.05) is 24.8 Å². The Morgan fingerprint density at radius 2 is 1.18 bits per heavy atom. The number of nitrogens with one attached hydrogen (secondary N) is 2. The van der Waals surface area contributed by atoms with Gasteiger partial charge >= 0.3 is 0 Å². The second-order valence-corrected chi connectivity index (χ2v) is 7.34. The van der Waals surface area contributed by atoms with Crippen molar-refractivity contribution >= 4 is 22.7 Å². The van der Waals surface area contributed by atoms with Crippen molar-refractivity contribution in [2.45, 2.75) is 13.1 Å². The van der Waals surface area contributed by atoms with Gasteiger partial charge < -0.3 is 16.4 Å². The van der Waals surface area contributed by atoms with Crippen molar-refractivity contribution in [2.24, 2.45) is 0 Å². The Bertz CT molecular complexity index is 1220. The van der Waals surface area contributed by atoms with Crippen LogP contribution >= 0.6 is 0 Å². The van der Waals surface area contributed by atoms with Crippen molar-refractivity contribution in [3.8, 4) is 0 Å². The van der Waals surface area contributed by atoms with Gasteiger partial charge in [-0.3, -0.25) is 10.1 Å². The summed E-state index contributed by atoms with van der Waals surface area (Å²) in [5.74, 6) is -0.948. The maximum Gasteiger partial charge on any atom is 0.272 e. The molecule has 0 amide bonds. The third-order valence-corrected chi connectivity index (χ3v) is 4.81. The highest BCUT2D eigenvalue weighted by atomic mass is 19.1. The molecular weight excluding hydrogens is 438 g/mol. The highest BCUT2D eigenvalue weighted by Gasteiger charge is 2.10. The van der Waals surface area contributed by atoms with E-state index in [1.54, 1.807) is 12.1 Å². The van der Waals surface area contributed by atoms with Gasteiger partial charge in [-0.1, -0.05) is 60.7 Å². The fourth-order valence-electron chi connectivity index (χ4n) is 3.02. The Kier molecular flexibility index (Phi) is 8.51. The van der Waals surface area contributed by atoms with Crippen LogP contribution in [0.2, 0.25) is 0 Å². The summed E-state index contributed by atoms with van der Waals surface area (Å²) in [6.07, 6.45) is 0. The van der Waals surface area contributed by atoms with E-state index in [2.05, 4.69) is 10.6 Å². The highest BCUT2D eigenvalue weighted by Crippen LogP contribution is 2.21. The number of nitrogen functional groups attached to an aromatic ring is 1. The molecule has 4 rings (SSSR count). The molecule has 0 bridgehead atoms. The van der Waals surface area contributed by atoms with E-state index in [1.807, 2.05) is 60.7 Å².